The summed E-state index contributed by atoms with van der Waals surface area (Å²) in [6.45, 7) is 10.5. The topological polar surface area (TPSA) is 82.6 Å². The SMILES string of the molecule is CCNC(=NCC(C)(C)c1ccccc1)NCCCNS(=O)(=O)CC. The monoisotopic (exact) mass is 368 g/mol. The van der Waals surface area contributed by atoms with Crippen LogP contribution in [0.4, 0.5) is 0 Å². The van der Waals surface area contributed by atoms with Crippen LogP contribution in [0.1, 0.15) is 39.7 Å². The highest BCUT2D eigenvalue weighted by atomic mass is 32.2. The molecule has 0 bridgehead atoms. The van der Waals surface area contributed by atoms with E-state index >= 15 is 0 Å². The van der Waals surface area contributed by atoms with Crippen molar-refractivity contribution >= 4 is 16.0 Å². The van der Waals surface area contributed by atoms with Crippen LogP contribution >= 0.6 is 0 Å². The summed E-state index contributed by atoms with van der Waals surface area (Å²) in [5, 5.41) is 6.48. The van der Waals surface area contributed by atoms with Crippen molar-refractivity contribution in [1.29, 1.82) is 0 Å². The first-order valence-corrected chi connectivity index (χ1v) is 10.5. The van der Waals surface area contributed by atoms with Gasteiger partial charge in [0.2, 0.25) is 10.0 Å². The van der Waals surface area contributed by atoms with Crippen molar-refractivity contribution in [2.45, 2.75) is 39.5 Å². The van der Waals surface area contributed by atoms with Crippen molar-refractivity contribution in [3.05, 3.63) is 35.9 Å². The van der Waals surface area contributed by atoms with Crippen LogP contribution < -0.4 is 15.4 Å². The number of nitrogens with zero attached hydrogens (tertiary/aromatic N) is 1. The summed E-state index contributed by atoms with van der Waals surface area (Å²) < 4.78 is 25.3. The van der Waals surface area contributed by atoms with Crippen LogP contribution in [0.5, 0.6) is 0 Å². The third-order valence-electron chi connectivity index (χ3n) is 3.88. The normalized spacial score (nSPS) is 12.9. The highest BCUT2D eigenvalue weighted by molar-refractivity contribution is 7.89. The van der Waals surface area contributed by atoms with Crippen LogP contribution in [0.25, 0.3) is 0 Å². The number of hydrogen-bond donors (Lipinski definition) is 3. The molecule has 142 valence electrons. The summed E-state index contributed by atoms with van der Waals surface area (Å²) in [6, 6.07) is 10.3. The molecule has 25 heavy (non-hydrogen) atoms. The molecule has 0 aliphatic heterocycles. The fourth-order valence-corrected chi connectivity index (χ4v) is 2.88. The molecule has 1 aromatic rings. The molecular weight excluding hydrogens is 336 g/mol. The molecule has 6 nitrogen and oxygen atoms in total. The van der Waals surface area contributed by atoms with Gasteiger partial charge < -0.3 is 10.6 Å². The molecule has 0 saturated carbocycles. The van der Waals surface area contributed by atoms with Gasteiger partial charge in [-0.2, -0.15) is 0 Å². The Morgan fingerprint density at radius 3 is 2.36 bits per heavy atom. The molecule has 0 atom stereocenters. The van der Waals surface area contributed by atoms with Gasteiger partial charge in [-0.05, 0) is 25.8 Å². The molecule has 0 unspecified atom stereocenters. The predicted molar refractivity (Wildman–Crippen MR) is 106 cm³/mol. The zero-order chi connectivity index (χ0) is 18.8. The van der Waals surface area contributed by atoms with Crippen LogP contribution in [0.15, 0.2) is 35.3 Å². The maximum absolute atomic E-state index is 11.4. The molecule has 0 radical (unpaired) electrons. The van der Waals surface area contributed by atoms with Gasteiger partial charge in [0.1, 0.15) is 0 Å². The van der Waals surface area contributed by atoms with Gasteiger partial charge in [0.05, 0.1) is 12.3 Å². The maximum Gasteiger partial charge on any atom is 0.211 e. The Hall–Kier alpha value is -1.60. The molecule has 0 aliphatic rings. The van der Waals surface area contributed by atoms with Crippen LogP contribution in [0.3, 0.4) is 0 Å². The highest BCUT2D eigenvalue weighted by Gasteiger charge is 2.19. The lowest BCUT2D eigenvalue weighted by Crippen LogP contribution is -2.39. The van der Waals surface area contributed by atoms with Gasteiger partial charge in [-0.25, -0.2) is 13.1 Å². The van der Waals surface area contributed by atoms with Crippen molar-refractivity contribution < 1.29 is 8.42 Å². The van der Waals surface area contributed by atoms with Gasteiger partial charge in [0.15, 0.2) is 5.96 Å². The molecule has 0 aromatic heterocycles. The van der Waals surface area contributed by atoms with Crippen molar-refractivity contribution in [3.8, 4) is 0 Å². The summed E-state index contributed by atoms with van der Waals surface area (Å²) in [5.41, 5.74) is 1.20. The summed E-state index contributed by atoms with van der Waals surface area (Å²) in [7, 11) is -3.11. The Morgan fingerprint density at radius 2 is 1.76 bits per heavy atom. The smallest absolute Gasteiger partial charge is 0.211 e. The number of nitrogens with one attached hydrogen (secondary N) is 3. The number of benzene rings is 1. The average molecular weight is 369 g/mol. The maximum atomic E-state index is 11.4. The fraction of sp³-hybridized carbons (Fsp3) is 0.611. The standard InChI is InChI=1S/C18H32N4O2S/c1-5-19-17(20-13-10-14-22-25(23,24)6-2)21-15-18(3,4)16-11-8-7-9-12-16/h7-9,11-12,22H,5-6,10,13-15H2,1-4H3,(H2,19,20,21). The largest absolute Gasteiger partial charge is 0.357 e. The van der Waals surface area contributed by atoms with E-state index in [2.05, 4.69) is 46.3 Å². The van der Waals surface area contributed by atoms with E-state index in [1.165, 1.54) is 5.56 Å². The van der Waals surface area contributed by atoms with E-state index < -0.39 is 10.0 Å². The number of rotatable bonds is 10. The summed E-state index contributed by atoms with van der Waals surface area (Å²) in [6.07, 6.45) is 0.700. The van der Waals surface area contributed by atoms with Crippen LogP contribution in [0.2, 0.25) is 0 Å². The second-order valence-electron chi connectivity index (χ2n) is 6.52. The van der Waals surface area contributed by atoms with Crippen LogP contribution in [-0.4, -0.2) is 46.3 Å². The molecule has 0 aliphatic carbocycles. The first kappa shape index (κ1) is 21.4. The molecular formula is C18H32N4O2S. The molecule has 0 amide bonds. The van der Waals surface area contributed by atoms with Crippen LogP contribution in [0, 0.1) is 0 Å². The van der Waals surface area contributed by atoms with Gasteiger partial charge in [0.25, 0.3) is 0 Å². The first-order valence-electron chi connectivity index (χ1n) is 8.86. The van der Waals surface area contributed by atoms with Crippen molar-refractivity contribution in [2.75, 3.05) is 31.9 Å². The highest BCUT2D eigenvalue weighted by Crippen LogP contribution is 2.22. The molecule has 7 heteroatoms. The third kappa shape index (κ3) is 8.36. The van der Waals surface area contributed by atoms with E-state index in [9.17, 15) is 8.42 Å². The minimum Gasteiger partial charge on any atom is -0.357 e. The number of sulfonamides is 1. The number of hydrogen-bond acceptors (Lipinski definition) is 3. The Bertz CT molecular complexity index is 628. The predicted octanol–water partition coefficient (Wildman–Crippen LogP) is 1.85. The van der Waals surface area contributed by atoms with Crippen molar-refractivity contribution in [1.82, 2.24) is 15.4 Å². The molecule has 0 spiro atoms. The second kappa shape index (κ2) is 10.4. The minimum atomic E-state index is -3.11. The average Bonchev–Trinajstić information content (AvgIpc) is 2.60. The number of guanidine groups is 1. The molecule has 0 saturated heterocycles. The summed E-state index contributed by atoms with van der Waals surface area (Å²) in [5.74, 6) is 0.865. The Balaban J connectivity index is 2.51. The van der Waals surface area contributed by atoms with Gasteiger partial charge in [-0.1, -0.05) is 44.2 Å². The Kier molecular flexibility index (Phi) is 8.92. The first-order chi connectivity index (χ1) is 11.8. The zero-order valence-electron chi connectivity index (χ0n) is 15.8. The molecule has 1 aromatic carbocycles. The van der Waals surface area contributed by atoms with E-state index in [4.69, 9.17) is 0 Å². The van der Waals surface area contributed by atoms with E-state index in [1.807, 2.05) is 25.1 Å². The fourth-order valence-electron chi connectivity index (χ4n) is 2.22. The van der Waals surface area contributed by atoms with Gasteiger partial charge >= 0.3 is 0 Å². The van der Waals surface area contributed by atoms with E-state index in [-0.39, 0.29) is 11.2 Å². The van der Waals surface area contributed by atoms with E-state index in [0.717, 1.165) is 12.5 Å². The molecule has 1 rings (SSSR count). The lowest BCUT2D eigenvalue weighted by molar-refractivity contribution is 0.537. The minimum absolute atomic E-state index is 0.0552. The van der Waals surface area contributed by atoms with E-state index in [0.29, 0.717) is 26.1 Å². The van der Waals surface area contributed by atoms with Crippen molar-refractivity contribution in [3.63, 3.8) is 0 Å². The lowest BCUT2D eigenvalue weighted by Gasteiger charge is -2.24. The molecule has 3 N–H and O–H groups in total. The van der Waals surface area contributed by atoms with Crippen LogP contribution in [-0.2, 0) is 15.4 Å². The lowest BCUT2D eigenvalue weighted by atomic mass is 9.85. The summed E-state index contributed by atoms with van der Waals surface area (Å²) in [4.78, 5) is 4.68. The Morgan fingerprint density at radius 1 is 1.08 bits per heavy atom. The number of aliphatic imine (C=N–C) groups is 1. The zero-order valence-corrected chi connectivity index (χ0v) is 16.6. The summed E-state index contributed by atoms with van der Waals surface area (Å²) >= 11 is 0. The van der Waals surface area contributed by atoms with Gasteiger partial charge in [-0.3, -0.25) is 4.99 Å². The van der Waals surface area contributed by atoms with Gasteiger partial charge in [-0.15, -0.1) is 0 Å². The second-order valence-corrected chi connectivity index (χ2v) is 8.62. The quantitative estimate of drug-likeness (QED) is 0.334. The molecule has 0 heterocycles. The third-order valence-corrected chi connectivity index (χ3v) is 5.28. The molecule has 0 fully saturated rings. The van der Waals surface area contributed by atoms with E-state index in [1.54, 1.807) is 6.92 Å². The Labute approximate surface area is 152 Å². The van der Waals surface area contributed by atoms with Crippen molar-refractivity contribution in [2.24, 2.45) is 4.99 Å². The van der Waals surface area contributed by atoms with Gasteiger partial charge in [0, 0.05) is 25.0 Å².